The molecule has 0 bridgehead atoms. The van der Waals surface area contributed by atoms with Gasteiger partial charge in [-0.2, -0.15) is 0 Å². The Morgan fingerprint density at radius 1 is 1.10 bits per heavy atom. The third-order valence-corrected chi connectivity index (χ3v) is 3.74. The van der Waals surface area contributed by atoms with Gasteiger partial charge in [0.2, 0.25) is 0 Å². The molecule has 0 aromatic heterocycles. The lowest BCUT2D eigenvalue weighted by atomic mass is 9.91. The zero-order valence-electron chi connectivity index (χ0n) is 14.4. The number of hydrogen-bond acceptors (Lipinski definition) is 2. The van der Waals surface area contributed by atoms with Crippen LogP contribution in [0.25, 0.3) is 0 Å². The van der Waals surface area contributed by atoms with E-state index >= 15 is 0 Å². The summed E-state index contributed by atoms with van der Waals surface area (Å²) >= 11 is 0. The SMILES string of the molecule is CCOC(=O)/C=C(C)/C(C)=C(\C)CC(C)CCC(C)C. The number of hydrogen-bond donors (Lipinski definition) is 0. The summed E-state index contributed by atoms with van der Waals surface area (Å²) < 4.78 is 4.95. The fourth-order valence-electron chi connectivity index (χ4n) is 2.20. The van der Waals surface area contributed by atoms with Crippen molar-refractivity contribution >= 4 is 5.97 Å². The smallest absolute Gasteiger partial charge is 0.331 e. The summed E-state index contributed by atoms with van der Waals surface area (Å²) in [6.07, 6.45) is 5.25. The highest BCUT2D eigenvalue weighted by atomic mass is 16.5. The molecule has 0 aliphatic heterocycles. The maximum Gasteiger partial charge on any atom is 0.331 e. The number of allylic oxidation sites excluding steroid dienone is 3. The van der Waals surface area contributed by atoms with Crippen LogP contribution in [-0.2, 0) is 9.53 Å². The van der Waals surface area contributed by atoms with E-state index in [0.717, 1.165) is 17.9 Å². The number of carbonyl (C=O) groups is 1. The van der Waals surface area contributed by atoms with Gasteiger partial charge in [-0.25, -0.2) is 4.79 Å². The Bertz CT molecular complexity index is 362. The summed E-state index contributed by atoms with van der Waals surface area (Å²) in [5, 5.41) is 0. The molecule has 0 aliphatic rings. The molecule has 0 spiro atoms. The van der Waals surface area contributed by atoms with Gasteiger partial charge in [0, 0.05) is 6.08 Å². The first-order valence-electron chi connectivity index (χ1n) is 7.79. The third-order valence-electron chi connectivity index (χ3n) is 3.74. The van der Waals surface area contributed by atoms with Crippen molar-refractivity contribution in [2.24, 2.45) is 11.8 Å². The molecular weight excluding hydrogens is 248 g/mol. The molecule has 0 N–H and O–H groups in total. The van der Waals surface area contributed by atoms with Crippen molar-refractivity contribution in [3.63, 3.8) is 0 Å². The predicted octanol–water partition coefficient (Wildman–Crippen LogP) is 5.29. The Balaban J connectivity index is 4.60. The van der Waals surface area contributed by atoms with Gasteiger partial charge in [0.05, 0.1) is 6.61 Å². The lowest BCUT2D eigenvalue weighted by Crippen LogP contribution is -2.03. The molecule has 2 heteroatoms. The molecule has 0 saturated carbocycles. The van der Waals surface area contributed by atoms with Gasteiger partial charge in [0.25, 0.3) is 0 Å². The molecule has 2 nitrogen and oxygen atoms in total. The van der Waals surface area contributed by atoms with Gasteiger partial charge in [-0.15, -0.1) is 0 Å². The van der Waals surface area contributed by atoms with Crippen molar-refractivity contribution in [1.29, 1.82) is 0 Å². The molecule has 0 fully saturated rings. The van der Waals surface area contributed by atoms with Crippen LogP contribution in [0.1, 0.15) is 67.7 Å². The van der Waals surface area contributed by atoms with E-state index in [-0.39, 0.29) is 5.97 Å². The molecule has 0 aromatic carbocycles. The van der Waals surface area contributed by atoms with Gasteiger partial charge in [0.15, 0.2) is 0 Å². The van der Waals surface area contributed by atoms with Gasteiger partial charge in [-0.05, 0) is 57.1 Å². The standard InChI is InChI=1S/C18H32O2/c1-8-20-18(19)12-16(6)17(7)15(5)11-14(4)10-9-13(2)3/h12-14H,8-11H2,1-7H3/b16-12+,17-15+. The minimum Gasteiger partial charge on any atom is -0.463 e. The summed E-state index contributed by atoms with van der Waals surface area (Å²) in [5.74, 6) is 1.22. The molecule has 116 valence electrons. The predicted molar refractivity (Wildman–Crippen MR) is 86.6 cm³/mol. The molecule has 0 radical (unpaired) electrons. The van der Waals surface area contributed by atoms with E-state index < -0.39 is 0 Å². The van der Waals surface area contributed by atoms with Crippen LogP contribution in [0.15, 0.2) is 22.8 Å². The molecule has 20 heavy (non-hydrogen) atoms. The van der Waals surface area contributed by atoms with E-state index in [0.29, 0.717) is 12.5 Å². The summed E-state index contributed by atoms with van der Waals surface area (Å²) in [7, 11) is 0. The van der Waals surface area contributed by atoms with Crippen molar-refractivity contribution in [1.82, 2.24) is 0 Å². The zero-order valence-corrected chi connectivity index (χ0v) is 14.4. The van der Waals surface area contributed by atoms with Gasteiger partial charge in [0.1, 0.15) is 0 Å². The highest BCUT2D eigenvalue weighted by Crippen LogP contribution is 2.23. The Morgan fingerprint density at radius 2 is 1.70 bits per heavy atom. The van der Waals surface area contributed by atoms with Crippen molar-refractivity contribution < 1.29 is 9.53 Å². The second kappa shape index (κ2) is 9.79. The Morgan fingerprint density at radius 3 is 2.20 bits per heavy atom. The topological polar surface area (TPSA) is 26.3 Å². The van der Waals surface area contributed by atoms with E-state index in [1.807, 2.05) is 13.8 Å². The lowest BCUT2D eigenvalue weighted by Gasteiger charge is -2.15. The molecule has 0 rings (SSSR count). The molecule has 0 amide bonds. The van der Waals surface area contributed by atoms with Crippen molar-refractivity contribution in [2.45, 2.75) is 67.7 Å². The number of rotatable bonds is 8. The lowest BCUT2D eigenvalue weighted by molar-refractivity contribution is -0.137. The van der Waals surface area contributed by atoms with Gasteiger partial charge < -0.3 is 4.74 Å². The Kier molecular flexibility index (Phi) is 9.28. The maximum absolute atomic E-state index is 11.5. The van der Waals surface area contributed by atoms with Crippen LogP contribution in [0.3, 0.4) is 0 Å². The quantitative estimate of drug-likeness (QED) is 0.343. The third kappa shape index (κ3) is 8.19. The number of carbonyl (C=O) groups excluding carboxylic acids is 1. The summed E-state index contributed by atoms with van der Waals surface area (Å²) in [5.41, 5.74) is 3.60. The summed E-state index contributed by atoms with van der Waals surface area (Å²) in [6, 6.07) is 0. The van der Waals surface area contributed by atoms with Crippen LogP contribution in [0.5, 0.6) is 0 Å². The van der Waals surface area contributed by atoms with Crippen molar-refractivity contribution in [3.05, 3.63) is 22.8 Å². The maximum atomic E-state index is 11.5. The molecule has 1 unspecified atom stereocenters. The average molecular weight is 280 g/mol. The van der Waals surface area contributed by atoms with E-state index in [2.05, 4.69) is 34.6 Å². The molecule has 0 heterocycles. The van der Waals surface area contributed by atoms with Crippen LogP contribution in [0, 0.1) is 11.8 Å². The first-order valence-corrected chi connectivity index (χ1v) is 7.79. The van der Waals surface area contributed by atoms with Crippen LogP contribution in [0.4, 0.5) is 0 Å². The minimum atomic E-state index is -0.245. The Labute approximate surface area is 125 Å². The average Bonchev–Trinajstić information content (AvgIpc) is 2.35. The normalized spacial score (nSPS) is 15.1. The van der Waals surface area contributed by atoms with Crippen LogP contribution in [0.2, 0.25) is 0 Å². The largest absolute Gasteiger partial charge is 0.463 e. The van der Waals surface area contributed by atoms with E-state index in [1.165, 1.54) is 24.0 Å². The van der Waals surface area contributed by atoms with Gasteiger partial charge in [-0.1, -0.05) is 39.2 Å². The molecular formula is C18H32O2. The van der Waals surface area contributed by atoms with Crippen molar-refractivity contribution in [3.8, 4) is 0 Å². The van der Waals surface area contributed by atoms with Crippen LogP contribution >= 0.6 is 0 Å². The molecule has 1 atom stereocenters. The Hall–Kier alpha value is -1.05. The second-order valence-corrected chi connectivity index (χ2v) is 6.27. The fraction of sp³-hybridized carbons (Fsp3) is 0.722. The van der Waals surface area contributed by atoms with Gasteiger partial charge in [-0.3, -0.25) is 0 Å². The first-order chi connectivity index (χ1) is 9.27. The van der Waals surface area contributed by atoms with Crippen LogP contribution < -0.4 is 0 Å². The zero-order chi connectivity index (χ0) is 15.7. The van der Waals surface area contributed by atoms with E-state index in [9.17, 15) is 4.79 Å². The summed E-state index contributed by atoms with van der Waals surface area (Å²) in [4.78, 5) is 11.5. The summed E-state index contributed by atoms with van der Waals surface area (Å²) in [6.45, 7) is 15.3. The van der Waals surface area contributed by atoms with Crippen LogP contribution in [-0.4, -0.2) is 12.6 Å². The molecule has 0 saturated heterocycles. The number of ether oxygens (including phenoxy) is 1. The first kappa shape index (κ1) is 18.9. The highest BCUT2D eigenvalue weighted by molar-refractivity contribution is 5.83. The van der Waals surface area contributed by atoms with E-state index in [1.54, 1.807) is 6.08 Å². The molecule has 0 aromatic rings. The second-order valence-electron chi connectivity index (χ2n) is 6.27. The minimum absolute atomic E-state index is 0.245. The highest BCUT2D eigenvalue weighted by Gasteiger charge is 2.08. The fourth-order valence-corrected chi connectivity index (χ4v) is 2.20. The monoisotopic (exact) mass is 280 g/mol. The van der Waals surface area contributed by atoms with E-state index in [4.69, 9.17) is 4.74 Å². The molecule has 0 aliphatic carbocycles. The van der Waals surface area contributed by atoms with Gasteiger partial charge >= 0.3 is 5.97 Å². The number of esters is 1. The van der Waals surface area contributed by atoms with Crippen molar-refractivity contribution in [2.75, 3.05) is 6.61 Å².